The largest absolute Gasteiger partial charge is 0.278 e. The third-order valence-electron chi connectivity index (χ3n) is 1.62. The zero-order chi connectivity index (χ0) is 7.99. The summed E-state index contributed by atoms with van der Waals surface area (Å²) in [5.41, 5.74) is 0. The molecule has 1 nitrogen and oxygen atoms in total. The van der Waals surface area contributed by atoms with E-state index in [-0.39, 0.29) is 13.1 Å². The maximum atomic E-state index is 12.2. The van der Waals surface area contributed by atoms with Crippen LogP contribution in [0.15, 0.2) is 0 Å². The Balaban J connectivity index is 2.40. The molecule has 1 fully saturated rings. The van der Waals surface area contributed by atoms with E-state index in [9.17, 15) is 8.78 Å². The first kappa shape index (κ1) is 8.27. The van der Waals surface area contributed by atoms with Crippen LogP contribution in [0.3, 0.4) is 0 Å². The fraction of sp³-hybridized carbons (Fsp3) is 1.00. The SMILES string of the molecule is CC(C)(S)N1CC(F)(F)C1. The Morgan fingerprint density at radius 2 is 1.80 bits per heavy atom. The molecule has 1 heterocycles. The average molecular weight is 167 g/mol. The number of thiol groups is 1. The Labute approximate surface area is 64.8 Å². The molecule has 60 valence electrons. The van der Waals surface area contributed by atoms with Crippen LogP contribution in [0.4, 0.5) is 8.78 Å². The molecule has 4 heteroatoms. The first-order valence-electron chi connectivity index (χ1n) is 3.16. The summed E-state index contributed by atoms with van der Waals surface area (Å²) in [7, 11) is 0. The van der Waals surface area contributed by atoms with Crippen LogP contribution in [-0.2, 0) is 0 Å². The van der Waals surface area contributed by atoms with Crippen molar-refractivity contribution in [2.75, 3.05) is 13.1 Å². The summed E-state index contributed by atoms with van der Waals surface area (Å²) >= 11 is 4.15. The summed E-state index contributed by atoms with van der Waals surface area (Å²) in [6.45, 7) is 3.32. The van der Waals surface area contributed by atoms with Gasteiger partial charge in [-0.15, -0.1) is 0 Å². The van der Waals surface area contributed by atoms with Crippen LogP contribution in [-0.4, -0.2) is 28.8 Å². The van der Waals surface area contributed by atoms with Crippen LogP contribution < -0.4 is 0 Å². The van der Waals surface area contributed by atoms with Crippen LogP contribution in [0, 0.1) is 0 Å². The van der Waals surface area contributed by atoms with Crippen molar-refractivity contribution < 1.29 is 8.78 Å². The van der Waals surface area contributed by atoms with E-state index in [0.29, 0.717) is 0 Å². The molecule has 0 spiro atoms. The molecule has 0 aliphatic carbocycles. The van der Waals surface area contributed by atoms with Gasteiger partial charge in [-0.1, -0.05) is 0 Å². The van der Waals surface area contributed by atoms with Gasteiger partial charge in [0.2, 0.25) is 0 Å². The lowest BCUT2D eigenvalue weighted by Gasteiger charge is -2.46. The highest BCUT2D eigenvalue weighted by Gasteiger charge is 2.48. The van der Waals surface area contributed by atoms with Gasteiger partial charge in [-0.05, 0) is 13.8 Å². The Hall–Kier alpha value is 0.170. The van der Waals surface area contributed by atoms with E-state index in [4.69, 9.17) is 0 Å². The third kappa shape index (κ3) is 1.61. The Bertz CT molecular complexity index is 133. The number of rotatable bonds is 1. The maximum absolute atomic E-state index is 12.2. The lowest BCUT2D eigenvalue weighted by molar-refractivity contribution is -0.146. The summed E-state index contributed by atoms with van der Waals surface area (Å²) in [6, 6.07) is 0. The molecule has 1 aliphatic rings. The molecule has 0 bridgehead atoms. The van der Waals surface area contributed by atoms with E-state index in [0.717, 1.165) is 0 Å². The van der Waals surface area contributed by atoms with Gasteiger partial charge in [0.1, 0.15) is 0 Å². The molecule has 0 aromatic carbocycles. The molecule has 0 aromatic rings. The lowest BCUT2D eigenvalue weighted by atomic mass is 10.1. The molecular weight excluding hydrogens is 156 g/mol. The zero-order valence-electron chi connectivity index (χ0n) is 6.06. The summed E-state index contributed by atoms with van der Waals surface area (Å²) in [4.78, 5) is 1.23. The lowest BCUT2D eigenvalue weighted by Crippen LogP contribution is -2.61. The molecule has 0 saturated carbocycles. The molecule has 0 aromatic heterocycles. The molecule has 1 saturated heterocycles. The molecule has 0 N–H and O–H groups in total. The summed E-state index contributed by atoms with van der Waals surface area (Å²) in [6.07, 6.45) is 0. The number of hydrogen-bond acceptors (Lipinski definition) is 2. The van der Waals surface area contributed by atoms with Gasteiger partial charge >= 0.3 is 0 Å². The van der Waals surface area contributed by atoms with E-state index in [1.165, 1.54) is 0 Å². The van der Waals surface area contributed by atoms with Gasteiger partial charge in [-0.3, -0.25) is 4.90 Å². The zero-order valence-corrected chi connectivity index (χ0v) is 6.96. The minimum atomic E-state index is -2.47. The summed E-state index contributed by atoms with van der Waals surface area (Å²) in [5.74, 6) is -2.47. The van der Waals surface area contributed by atoms with Crippen molar-refractivity contribution in [2.24, 2.45) is 0 Å². The minimum absolute atomic E-state index is 0.149. The van der Waals surface area contributed by atoms with E-state index in [1.54, 1.807) is 4.90 Å². The molecule has 0 unspecified atom stereocenters. The van der Waals surface area contributed by atoms with Gasteiger partial charge in [-0.25, -0.2) is 8.78 Å². The van der Waals surface area contributed by atoms with Crippen molar-refractivity contribution in [3.63, 3.8) is 0 Å². The topological polar surface area (TPSA) is 3.24 Å². The highest BCUT2D eigenvalue weighted by molar-refractivity contribution is 7.81. The molecule has 0 amide bonds. The molecule has 1 rings (SSSR count). The molecular formula is C6H11F2NS. The number of nitrogens with zero attached hydrogens (tertiary/aromatic N) is 1. The Morgan fingerprint density at radius 3 is 1.90 bits per heavy atom. The van der Waals surface area contributed by atoms with Crippen LogP contribution in [0.25, 0.3) is 0 Å². The van der Waals surface area contributed by atoms with Gasteiger partial charge in [-0.2, -0.15) is 12.6 Å². The second kappa shape index (κ2) is 2.08. The van der Waals surface area contributed by atoms with Gasteiger partial charge in [0, 0.05) is 0 Å². The number of likely N-dealkylation sites (tertiary alicyclic amines) is 1. The maximum Gasteiger partial charge on any atom is 0.273 e. The van der Waals surface area contributed by atoms with Gasteiger partial charge < -0.3 is 0 Å². The van der Waals surface area contributed by atoms with Gasteiger partial charge in [0.05, 0.1) is 18.0 Å². The van der Waals surface area contributed by atoms with Crippen LogP contribution in [0.5, 0.6) is 0 Å². The average Bonchev–Trinajstić information content (AvgIpc) is 1.56. The number of alkyl halides is 2. The summed E-state index contributed by atoms with van der Waals surface area (Å²) in [5, 5.41) is 0. The second-order valence-electron chi connectivity index (χ2n) is 3.21. The highest BCUT2D eigenvalue weighted by Crippen LogP contribution is 2.34. The standard InChI is InChI=1S/C6H11F2NS/c1-5(2,10)9-3-6(7,8)4-9/h10H,3-4H2,1-2H3. The highest BCUT2D eigenvalue weighted by atomic mass is 32.1. The van der Waals surface area contributed by atoms with Crippen molar-refractivity contribution in [3.05, 3.63) is 0 Å². The smallest absolute Gasteiger partial charge is 0.273 e. The fourth-order valence-corrected chi connectivity index (χ4v) is 1.04. The van der Waals surface area contributed by atoms with Gasteiger partial charge in [0.25, 0.3) is 5.92 Å². The number of halogens is 2. The van der Waals surface area contributed by atoms with E-state index in [2.05, 4.69) is 12.6 Å². The first-order valence-corrected chi connectivity index (χ1v) is 3.61. The van der Waals surface area contributed by atoms with Crippen molar-refractivity contribution in [1.82, 2.24) is 4.90 Å². The fourth-order valence-electron chi connectivity index (χ4n) is 0.899. The third-order valence-corrected chi connectivity index (χ3v) is 1.90. The van der Waals surface area contributed by atoms with Crippen molar-refractivity contribution in [2.45, 2.75) is 24.6 Å². The van der Waals surface area contributed by atoms with E-state index in [1.807, 2.05) is 13.8 Å². The second-order valence-corrected chi connectivity index (χ2v) is 4.30. The van der Waals surface area contributed by atoms with Crippen molar-refractivity contribution >= 4 is 12.6 Å². The Morgan fingerprint density at radius 1 is 1.40 bits per heavy atom. The predicted octanol–water partition coefficient (Wildman–Crippen LogP) is 1.60. The predicted molar refractivity (Wildman–Crippen MR) is 39.6 cm³/mol. The van der Waals surface area contributed by atoms with E-state index < -0.39 is 10.8 Å². The van der Waals surface area contributed by atoms with Gasteiger partial charge in [0.15, 0.2) is 0 Å². The first-order chi connectivity index (χ1) is 4.31. The normalized spacial score (nSPS) is 26.1. The Kier molecular flexibility index (Phi) is 1.72. The molecule has 0 atom stereocenters. The van der Waals surface area contributed by atoms with E-state index >= 15 is 0 Å². The van der Waals surface area contributed by atoms with Crippen molar-refractivity contribution in [3.8, 4) is 0 Å². The monoisotopic (exact) mass is 167 g/mol. The molecule has 1 aliphatic heterocycles. The molecule has 0 radical (unpaired) electrons. The quantitative estimate of drug-likeness (QED) is 0.581. The minimum Gasteiger partial charge on any atom is -0.278 e. The summed E-state index contributed by atoms with van der Waals surface area (Å²) < 4.78 is 24.5. The van der Waals surface area contributed by atoms with Crippen LogP contribution >= 0.6 is 12.6 Å². The molecule has 10 heavy (non-hydrogen) atoms. The number of hydrogen-bond donors (Lipinski definition) is 1. The van der Waals surface area contributed by atoms with Crippen LogP contribution in [0.1, 0.15) is 13.8 Å². The van der Waals surface area contributed by atoms with Crippen LogP contribution in [0.2, 0.25) is 0 Å². The van der Waals surface area contributed by atoms with Crippen molar-refractivity contribution in [1.29, 1.82) is 0 Å².